The summed E-state index contributed by atoms with van der Waals surface area (Å²) in [5, 5.41) is 42.0. The number of aliphatic hydroxyl groups is 6. The van der Waals surface area contributed by atoms with Crippen LogP contribution in [0.4, 0.5) is 0 Å². The Bertz CT molecular complexity index is 1690. The molecule has 0 bridgehead atoms. The first-order valence-electron chi connectivity index (χ1n) is 18.2. The second-order valence-electron chi connectivity index (χ2n) is 15.5. The molecule has 2 radical (unpaired) electrons. The Balaban J connectivity index is -0.0000000797. The van der Waals surface area contributed by atoms with Gasteiger partial charge in [0.1, 0.15) is 0 Å². The van der Waals surface area contributed by atoms with Crippen molar-refractivity contribution >= 4 is 20.8 Å². The third-order valence-electron chi connectivity index (χ3n) is 7.03. The molecule has 0 unspecified atom stereocenters. The molecule has 24 heteroatoms. The van der Waals surface area contributed by atoms with Crippen molar-refractivity contribution in [2.45, 2.75) is 105 Å². The smallest absolute Gasteiger partial charge is 2.00 e. The van der Waals surface area contributed by atoms with E-state index in [1.165, 1.54) is 22.3 Å². The van der Waals surface area contributed by atoms with Gasteiger partial charge in [0.15, 0.2) is 0 Å². The number of pyridine rings is 4. The second-order valence-corrected chi connectivity index (χ2v) is 17.2. The van der Waals surface area contributed by atoms with Gasteiger partial charge in [-0.25, -0.2) is 0 Å². The van der Waals surface area contributed by atoms with Gasteiger partial charge < -0.3 is 59.8 Å². The maximum atomic E-state index is 8.52. The van der Waals surface area contributed by atoms with Crippen LogP contribution in [0.2, 0.25) is 0 Å². The first-order valence-corrected chi connectivity index (χ1v) is 20.9. The van der Waals surface area contributed by atoms with Gasteiger partial charge in [0.25, 0.3) is 0 Å². The van der Waals surface area contributed by atoms with Crippen LogP contribution < -0.4 is 0 Å². The normalized spacial score (nSPS) is 9.88. The van der Waals surface area contributed by atoms with Crippen LogP contribution in [0.3, 0.4) is 0 Å². The van der Waals surface area contributed by atoms with Crippen molar-refractivity contribution < 1.29 is 114 Å². The van der Waals surface area contributed by atoms with Crippen LogP contribution in [0.5, 0.6) is 0 Å². The fourth-order valence-corrected chi connectivity index (χ4v) is 4.15. The monoisotopic (exact) mass is 1050 g/mol. The maximum absolute atomic E-state index is 8.52. The van der Waals surface area contributed by atoms with E-state index in [9.17, 15) is 0 Å². The SMILES string of the molecule is CC(C)(C)c1ccnc(-c2cc(C(C)(C)C)ccn2)c1.CC(C)(C)c1ccnc(-c2cc(C(C)(C)C)ccn2)c1.CO.CO.CO.CO.CO.CO.O=S(=O)([O-])[O-].O=S(=O)([O-])[O-].[O-2].[O-2].[V+4].[V+4]. The summed E-state index contributed by atoms with van der Waals surface area (Å²) in [6, 6.07) is 16.9. The van der Waals surface area contributed by atoms with E-state index in [0.29, 0.717) is 0 Å². The van der Waals surface area contributed by atoms with Crippen LogP contribution in [0.25, 0.3) is 22.8 Å². The minimum atomic E-state index is -5.17. The van der Waals surface area contributed by atoms with E-state index >= 15 is 0 Å². The standard InChI is InChI=1S/2C18H24N2.6CH4O.2H2O4S.2O.2V/c2*1-17(2,3)13-7-9-19-15(11-13)16-12-14(8-10-20-16)18(4,5)6;6*1-2;2*1-5(2,3)4;;;;/h2*7-12H,1-6H3;6*2H,1H3;2*(H2,1,2,3,4);;;;/q;;;;;;;;;;2*-2;2*+4/p-4. The summed E-state index contributed by atoms with van der Waals surface area (Å²) in [5.74, 6) is 0. The number of aliphatic hydroxyl groups excluding tert-OH is 6. The van der Waals surface area contributed by atoms with E-state index in [2.05, 4.69) is 152 Å². The van der Waals surface area contributed by atoms with Crippen molar-refractivity contribution in [2.75, 3.05) is 42.7 Å². The minimum Gasteiger partial charge on any atom is -2.00 e. The van der Waals surface area contributed by atoms with Gasteiger partial charge in [-0.15, -0.1) is 0 Å². The Hall–Kier alpha value is -2.81. The van der Waals surface area contributed by atoms with E-state index in [0.717, 1.165) is 65.4 Å². The first-order chi connectivity index (χ1) is 28.4. The molecule has 0 saturated carbocycles. The largest absolute Gasteiger partial charge is 4.00 e. The Labute approximate surface area is 418 Å². The molecule has 0 aliphatic heterocycles. The number of rotatable bonds is 2. The molecule has 4 aromatic rings. The molecule has 6 N–H and O–H groups in total. The van der Waals surface area contributed by atoms with Crippen LogP contribution >= 0.6 is 0 Å². The maximum Gasteiger partial charge on any atom is 4.00 e. The van der Waals surface area contributed by atoms with Gasteiger partial charge in [-0.2, -0.15) is 0 Å². The van der Waals surface area contributed by atoms with Gasteiger partial charge in [-0.3, -0.25) is 36.8 Å². The van der Waals surface area contributed by atoms with E-state index in [1.54, 1.807) is 0 Å². The summed E-state index contributed by atoms with van der Waals surface area (Å²) in [5.41, 5.74) is 9.42. The van der Waals surface area contributed by atoms with E-state index in [-0.39, 0.29) is 69.7 Å². The third-order valence-corrected chi connectivity index (χ3v) is 7.03. The molecule has 20 nitrogen and oxygen atoms in total. The molecule has 0 aliphatic carbocycles. The molecule has 4 rings (SSSR count). The van der Waals surface area contributed by atoms with Crippen molar-refractivity contribution in [3.8, 4) is 22.8 Å². The summed E-state index contributed by atoms with van der Waals surface area (Å²) >= 11 is 0. The third kappa shape index (κ3) is 46.3. The zero-order valence-electron chi connectivity index (χ0n) is 41.2. The fourth-order valence-electron chi connectivity index (χ4n) is 4.15. The van der Waals surface area contributed by atoms with Gasteiger partial charge >= 0.3 is 37.1 Å². The topological polar surface area (TPSA) is 390 Å². The molecule has 66 heavy (non-hydrogen) atoms. The molecule has 0 aromatic carbocycles. The van der Waals surface area contributed by atoms with Crippen LogP contribution in [-0.4, -0.2) is 128 Å². The van der Waals surface area contributed by atoms with Gasteiger partial charge in [0.05, 0.1) is 22.8 Å². The predicted octanol–water partition coefficient (Wildman–Crippen LogP) is 4.21. The summed E-state index contributed by atoms with van der Waals surface area (Å²) in [4.78, 5) is 17.9. The molecule has 378 valence electrons. The summed E-state index contributed by atoms with van der Waals surface area (Å²) in [6.07, 6.45) is 7.51. The van der Waals surface area contributed by atoms with Gasteiger partial charge in [0, 0.05) is 88.2 Å². The van der Waals surface area contributed by atoms with Crippen molar-refractivity contribution in [1.82, 2.24) is 19.9 Å². The molecule has 0 fully saturated rings. The Morgan fingerprint density at radius 2 is 0.455 bits per heavy atom. The number of hydrogen-bond donors (Lipinski definition) is 6. The molecule has 0 spiro atoms. The molecule has 4 heterocycles. The van der Waals surface area contributed by atoms with E-state index in [1.807, 2.05) is 24.8 Å². The van der Waals surface area contributed by atoms with E-state index in [4.69, 9.17) is 65.7 Å². The molecule has 0 saturated heterocycles. The number of aromatic nitrogens is 4. The predicted molar refractivity (Wildman–Crippen MR) is 241 cm³/mol. The van der Waals surface area contributed by atoms with Crippen LogP contribution in [0, 0.1) is 0 Å². The number of nitrogens with zero attached hydrogens (tertiary/aromatic N) is 4. The molecule has 4 aromatic heterocycles. The average molecular weight is 1060 g/mol. The molecular formula is C42H72N4O16S2V2. The van der Waals surface area contributed by atoms with Crippen molar-refractivity contribution in [1.29, 1.82) is 0 Å². The number of hydrogen-bond acceptors (Lipinski definition) is 18. The average Bonchev–Trinajstić information content (AvgIpc) is 3.20. The molecule has 0 amide bonds. The van der Waals surface area contributed by atoms with Crippen molar-refractivity contribution in [3.63, 3.8) is 0 Å². The molecule has 0 aliphatic rings. The van der Waals surface area contributed by atoms with E-state index < -0.39 is 20.8 Å². The van der Waals surface area contributed by atoms with Crippen molar-refractivity contribution in [3.05, 3.63) is 95.6 Å². The Morgan fingerprint density at radius 3 is 0.545 bits per heavy atom. The summed E-state index contributed by atoms with van der Waals surface area (Å²) < 4.78 is 68.2. The first kappa shape index (κ1) is 86.4. The Kier molecular flexibility index (Phi) is 56.9. The summed E-state index contributed by atoms with van der Waals surface area (Å²) in [7, 11) is -4.33. The quantitative estimate of drug-likeness (QED) is 0.121. The molecule has 0 atom stereocenters. The zero-order valence-corrected chi connectivity index (χ0v) is 45.6. The fraction of sp³-hybridized carbons (Fsp3) is 0.524. The van der Waals surface area contributed by atoms with Crippen molar-refractivity contribution in [2.24, 2.45) is 0 Å². The second kappa shape index (κ2) is 43.5. The van der Waals surface area contributed by atoms with Gasteiger partial charge in [-0.05, 0) is 92.4 Å². The van der Waals surface area contributed by atoms with Gasteiger partial charge in [-0.1, -0.05) is 83.1 Å². The van der Waals surface area contributed by atoms with Crippen LogP contribution in [0.1, 0.15) is 105 Å². The summed E-state index contributed by atoms with van der Waals surface area (Å²) in [6.45, 7) is 26.6. The van der Waals surface area contributed by atoms with Crippen LogP contribution in [0.15, 0.2) is 73.3 Å². The Morgan fingerprint density at radius 1 is 0.348 bits per heavy atom. The minimum absolute atomic E-state index is 0. The zero-order chi connectivity index (χ0) is 50.9. The molecular weight excluding hydrogens is 982 g/mol. The van der Waals surface area contributed by atoms with Gasteiger partial charge in [0.2, 0.25) is 0 Å². The van der Waals surface area contributed by atoms with Crippen LogP contribution in [-0.2, 0) is 90.5 Å².